The van der Waals surface area contributed by atoms with Gasteiger partial charge in [-0.3, -0.25) is 4.98 Å². The summed E-state index contributed by atoms with van der Waals surface area (Å²) in [6, 6.07) is 26.5. The maximum Gasteiger partial charge on any atom is 0.216 e. The van der Waals surface area contributed by atoms with E-state index in [1.165, 1.54) is 0 Å². The second-order valence-corrected chi connectivity index (χ2v) is 7.24. The van der Waals surface area contributed by atoms with Gasteiger partial charge in [-0.1, -0.05) is 42.5 Å². The molecule has 0 spiro atoms. The average Bonchev–Trinajstić information content (AvgIpc) is 3.40. The van der Waals surface area contributed by atoms with Crippen molar-refractivity contribution in [2.45, 2.75) is 0 Å². The number of aromatic nitrogens is 2. The molecule has 0 N–H and O–H groups in total. The van der Waals surface area contributed by atoms with E-state index >= 15 is 0 Å². The molecule has 0 amide bonds. The van der Waals surface area contributed by atoms with Crippen LogP contribution in [-0.4, -0.2) is 9.55 Å². The Labute approximate surface area is 164 Å². The predicted molar refractivity (Wildman–Crippen MR) is 116 cm³/mol. The summed E-state index contributed by atoms with van der Waals surface area (Å²) in [6.45, 7) is 0. The van der Waals surface area contributed by atoms with Gasteiger partial charge in [0.05, 0.1) is 22.0 Å². The Kier molecular flexibility index (Phi) is 2.71. The molecule has 0 unspecified atom stereocenters. The van der Waals surface area contributed by atoms with Crippen LogP contribution in [0, 0.1) is 0 Å². The van der Waals surface area contributed by atoms with Crippen molar-refractivity contribution in [3.63, 3.8) is 0 Å². The number of benzene rings is 3. The van der Waals surface area contributed by atoms with Crippen LogP contribution < -0.4 is 0 Å². The van der Waals surface area contributed by atoms with E-state index in [0.29, 0.717) is 0 Å². The Morgan fingerprint density at radius 3 is 1.90 bits per heavy atom. The van der Waals surface area contributed by atoms with Gasteiger partial charge >= 0.3 is 0 Å². The SMILES string of the molecule is c1cc(-n2c3oc4ccccc4c3c3c4ccccc4oc32)c2cccnc2c1. The van der Waals surface area contributed by atoms with Crippen molar-refractivity contribution in [1.29, 1.82) is 0 Å². The smallest absolute Gasteiger partial charge is 0.216 e. The van der Waals surface area contributed by atoms with Crippen molar-refractivity contribution in [2.24, 2.45) is 0 Å². The zero-order chi connectivity index (χ0) is 18.9. The first-order valence-electron chi connectivity index (χ1n) is 9.57. The van der Waals surface area contributed by atoms with Gasteiger partial charge in [-0.15, -0.1) is 0 Å². The number of furan rings is 2. The van der Waals surface area contributed by atoms with E-state index in [1.54, 1.807) is 0 Å². The maximum absolute atomic E-state index is 6.36. The minimum absolute atomic E-state index is 0.794. The molecular formula is C25H14N2O2. The molecule has 4 nitrogen and oxygen atoms in total. The molecule has 0 bridgehead atoms. The highest BCUT2D eigenvalue weighted by atomic mass is 16.4. The van der Waals surface area contributed by atoms with Gasteiger partial charge in [0.1, 0.15) is 11.2 Å². The Morgan fingerprint density at radius 2 is 1.21 bits per heavy atom. The molecule has 7 aromatic rings. The lowest BCUT2D eigenvalue weighted by Crippen LogP contribution is -1.94. The summed E-state index contributed by atoms with van der Waals surface area (Å²) in [4.78, 5) is 4.52. The largest absolute Gasteiger partial charge is 0.439 e. The molecule has 0 saturated heterocycles. The third-order valence-corrected chi connectivity index (χ3v) is 5.67. The van der Waals surface area contributed by atoms with E-state index in [4.69, 9.17) is 8.83 Å². The number of hydrogen-bond acceptors (Lipinski definition) is 3. The first kappa shape index (κ1) is 14.9. The zero-order valence-electron chi connectivity index (χ0n) is 15.3. The number of nitrogens with zero attached hydrogens (tertiary/aromatic N) is 2. The van der Waals surface area contributed by atoms with E-state index < -0.39 is 0 Å². The molecule has 0 radical (unpaired) electrons. The Bertz CT molecular complexity index is 1620. The summed E-state index contributed by atoms with van der Waals surface area (Å²) < 4.78 is 14.8. The molecule has 4 heteroatoms. The minimum Gasteiger partial charge on any atom is -0.439 e. The van der Waals surface area contributed by atoms with Crippen LogP contribution in [0.5, 0.6) is 0 Å². The topological polar surface area (TPSA) is 44.1 Å². The Morgan fingerprint density at radius 1 is 0.586 bits per heavy atom. The predicted octanol–water partition coefficient (Wildman–Crippen LogP) is 6.82. The number of hydrogen-bond donors (Lipinski definition) is 0. The van der Waals surface area contributed by atoms with Gasteiger partial charge in [0.15, 0.2) is 0 Å². The van der Waals surface area contributed by atoms with Crippen LogP contribution in [0.25, 0.3) is 60.7 Å². The third kappa shape index (κ3) is 1.85. The van der Waals surface area contributed by atoms with Crippen molar-refractivity contribution in [2.75, 3.05) is 0 Å². The van der Waals surface area contributed by atoms with Gasteiger partial charge in [0, 0.05) is 22.4 Å². The first-order valence-corrected chi connectivity index (χ1v) is 9.57. The van der Waals surface area contributed by atoms with E-state index in [2.05, 4.69) is 33.8 Å². The summed E-state index contributed by atoms with van der Waals surface area (Å²) in [6.07, 6.45) is 1.81. The second-order valence-electron chi connectivity index (χ2n) is 7.24. The minimum atomic E-state index is 0.794. The van der Waals surface area contributed by atoms with Crippen LogP contribution in [0.2, 0.25) is 0 Å². The molecule has 0 aliphatic heterocycles. The molecule has 0 aliphatic carbocycles. The molecule has 0 aliphatic rings. The fourth-order valence-electron chi connectivity index (χ4n) is 4.46. The van der Waals surface area contributed by atoms with Crippen molar-refractivity contribution >= 4 is 55.0 Å². The highest BCUT2D eigenvalue weighted by Crippen LogP contribution is 2.44. The number of pyridine rings is 1. The van der Waals surface area contributed by atoms with Crippen molar-refractivity contribution < 1.29 is 8.83 Å². The Hall–Kier alpha value is -4.05. The molecule has 29 heavy (non-hydrogen) atoms. The van der Waals surface area contributed by atoms with Crippen molar-refractivity contribution in [3.8, 4) is 5.69 Å². The summed E-state index contributed by atoms with van der Waals surface area (Å²) in [5.74, 6) is 0. The molecule has 7 rings (SSSR count). The fourth-order valence-corrected chi connectivity index (χ4v) is 4.46. The maximum atomic E-state index is 6.36. The lowest BCUT2D eigenvalue weighted by molar-refractivity contribution is 0.615. The molecule has 136 valence electrons. The Balaban J connectivity index is 1.79. The van der Waals surface area contributed by atoms with Crippen LogP contribution in [0.1, 0.15) is 0 Å². The quantitative estimate of drug-likeness (QED) is 0.316. The molecule has 0 fully saturated rings. The fraction of sp³-hybridized carbons (Fsp3) is 0. The second kappa shape index (κ2) is 5.26. The van der Waals surface area contributed by atoms with Crippen molar-refractivity contribution in [1.82, 2.24) is 9.55 Å². The molecule has 3 aromatic carbocycles. The summed E-state index contributed by atoms with van der Waals surface area (Å²) in [7, 11) is 0. The summed E-state index contributed by atoms with van der Waals surface area (Å²) in [5, 5.41) is 5.41. The van der Waals surface area contributed by atoms with Crippen LogP contribution in [-0.2, 0) is 0 Å². The highest BCUT2D eigenvalue weighted by Gasteiger charge is 2.24. The van der Waals surface area contributed by atoms with E-state index in [9.17, 15) is 0 Å². The number of fused-ring (bicyclic) bond motifs is 8. The lowest BCUT2D eigenvalue weighted by Gasteiger charge is -2.07. The van der Waals surface area contributed by atoms with E-state index in [1.807, 2.05) is 60.8 Å². The van der Waals surface area contributed by atoms with Crippen molar-refractivity contribution in [3.05, 3.63) is 85.1 Å². The number of rotatable bonds is 1. The number of para-hydroxylation sites is 2. The van der Waals surface area contributed by atoms with Gasteiger partial charge in [-0.2, -0.15) is 0 Å². The van der Waals surface area contributed by atoms with Crippen LogP contribution in [0.15, 0.2) is 93.9 Å². The molecule has 0 atom stereocenters. The van der Waals surface area contributed by atoms with Gasteiger partial charge in [-0.25, -0.2) is 4.57 Å². The zero-order valence-corrected chi connectivity index (χ0v) is 15.3. The van der Waals surface area contributed by atoms with Gasteiger partial charge < -0.3 is 8.83 Å². The monoisotopic (exact) mass is 374 g/mol. The molecule has 4 aromatic heterocycles. The van der Waals surface area contributed by atoms with E-state index in [-0.39, 0.29) is 0 Å². The van der Waals surface area contributed by atoms with Gasteiger partial charge in [-0.05, 0) is 36.4 Å². The first-order chi connectivity index (χ1) is 14.4. The van der Waals surface area contributed by atoms with Gasteiger partial charge in [0.2, 0.25) is 11.4 Å². The van der Waals surface area contributed by atoms with Crippen LogP contribution in [0.3, 0.4) is 0 Å². The summed E-state index contributed by atoms with van der Waals surface area (Å²) >= 11 is 0. The highest BCUT2D eigenvalue weighted by molar-refractivity contribution is 6.26. The average molecular weight is 374 g/mol. The van der Waals surface area contributed by atoms with E-state index in [0.717, 1.165) is 60.7 Å². The molecule has 4 heterocycles. The lowest BCUT2D eigenvalue weighted by atomic mass is 10.1. The normalized spacial score (nSPS) is 12.1. The third-order valence-electron chi connectivity index (χ3n) is 5.67. The van der Waals surface area contributed by atoms with Gasteiger partial charge in [0.25, 0.3) is 0 Å². The van der Waals surface area contributed by atoms with Crippen LogP contribution in [0.4, 0.5) is 0 Å². The molecular weight excluding hydrogens is 360 g/mol. The molecule has 0 saturated carbocycles. The van der Waals surface area contributed by atoms with Crippen LogP contribution >= 0.6 is 0 Å². The summed E-state index contributed by atoms with van der Waals surface area (Å²) in [5.41, 5.74) is 5.26. The standard InChI is InChI=1S/C25H14N2O2/c1-3-12-20-16(7-1)22-23-17-8-2-4-13-21(17)29-25(23)27(24(22)28-20)19-11-5-10-18-15(19)9-6-14-26-18/h1-14H.